The van der Waals surface area contributed by atoms with Gasteiger partial charge in [-0.25, -0.2) is 0 Å². The lowest BCUT2D eigenvalue weighted by Gasteiger charge is -2.15. The van der Waals surface area contributed by atoms with Crippen molar-refractivity contribution in [1.82, 2.24) is 0 Å². The summed E-state index contributed by atoms with van der Waals surface area (Å²) in [6, 6.07) is 21.4. The van der Waals surface area contributed by atoms with Crippen LogP contribution in [-0.4, -0.2) is 12.5 Å². The van der Waals surface area contributed by atoms with E-state index in [1.165, 1.54) is 6.08 Å². The normalized spacial score (nSPS) is 10.9. The van der Waals surface area contributed by atoms with Crippen molar-refractivity contribution in [3.05, 3.63) is 93.5 Å². The van der Waals surface area contributed by atoms with Crippen molar-refractivity contribution in [2.75, 3.05) is 11.9 Å². The number of nitrogens with one attached hydrogen (secondary N) is 1. The standard InChI is InChI=1S/C25H20Cl2N2O3/c1-2-31-23-14-18(11-19(15-28)25(30)29-21-9-4-3-5-10-21)13-22(27)24(23)32-16-17-7-6-8-20(26)12-17/h3-14H,2,16H2,1H3,(H,29,30)/b19-11+. The molecule has 0 saturated carbocycles. The minimum atomic E-state index is -0.519. The second kappa shape index (κ2) is 11.2. The molecule has 0 aliphatic carbocycles. The zero-order valence-corrected chi connectivity index (χ0v) is 18.8. The van der Waals surface area contributed by atoms with Crippen molar-refractivity contribution in [2.24, 2.45) is 0 Å². The zero-order valence-electron chi connectivity index (χ0n) is 17.3. The molecule has 0 saturated heterocycles. The number of anilines is 1. The highest BCUT2D eigenvalue weighted by Gasteiger charge is 2.15. The molecule has 7 heteroatoms. The molecule has 0 heterocycles. The number of nitriles is 1. The van der Waals surface area contributed by atoms with Crippen LogP contribution in [-0.2, 0) is 11.4 Å². The molecule has 0 radical (unpaired) electrons. The van der Waals surface area contributed by atoms with Crippen LogP contribution < -0.4 is 14.8 Å². The maximum Gasteiger partial charge on any atom is 0.266 e. The van der Waals surface area contributed by atoms with E-state index in [0.29, 0.717) is 39.4 Å². The number of hydrogen-bond acceptors (Lipinski definition) is 4. The Morgan fingerprint density at radius 2 is 1.84 bits per heavy atom. The van der Waals surface area contributed by atoms with Crippen LogP contribution in [0.2, 0.25) is 10.0 Å². The van der Waals surface area contributed by atoms with E-state index in [4.69, 9.17) is 32.7 Å². The third-order valence-corrected chi connectivity index (χ3v) is 4.83. The number of benzene rings is 3. The van der Waals surface area contributed by atoms with Crippen molar-refractivity contribution in [3.63, 3.8) is 0 Å². The smallest absolute Gasteiger partial charge is 0.266 e. The van der Waals surface area contributed by atoms with Crippen LogP contribution in [0.4, 0.5) is 5.69 Å². The summed E-state index contributed by atoms with van der Waals surface area (Å²) in [6.45, 7) is 2.47. The van der Waals surface area contributed by atoms with Crippen LogP contribution in [0, 0.1) is 11.3 Å². The molecule has 0 fully saturated rings. The van der Waals surface area contributed by atoms with Crippen molar-refractivity contribution in [3.8, 4) is 17.6 Å². The second-order valence-electron chi connectivity index (χ2n) is 6.67. The summed E-state index contributed by atoms with van der Waals surface area (Å²) in [7, 11) is 0. The van der Waals surface area contributed by atoms with Crippen LogP contribution in [0.1, 0.15) is 18.1 Å². The Hall–Kier alpha value is -3.46. The molecule has 1 amide bonds. The fourth-order valence-corrected chi connectivity index (χ4v) is 3.38. The fourth-order valence-electron chi connectivity index (χ4n) is 2.89. The lowest BCUT2D eigenvalue weighted by atomic mass is 10.1. The van der Waals surface area contributed by atoms with Gasteiger partial charge in [-0.05, 0) is 60.5 Å². The van der Waals surface area contributed by atoms with Gasteiger partial charge in [-0.3, -0.25) is 4.79 Å². The molecular weight excluding hydrogens is 447 g/mol. The van der Waals surface area contributed by atoms with Crippen molar-refractivity contribution >= 4 is 40.9 Å². The molecule has 0 atom stereocenters. The summed E-state index contributed by atoms with van der Waals surface area (Å²) in [5, 5.41) is 13.1. The quantitative estimate of drug-likeness (QED) is 0.303. The van der Waals surface area contributed by atoms with Gasteiger partial charge in [0.15, 0.2) is 11.5 Å². The van der Waals surface area contributed by atoms with Gasteiger partial charge < -0.3 is 14.8 Å². The summed E-state index contributed by atoms with van der Waals surface area (Å²) >= 11 is 12.5. The number of hydrogen-bond donors (Lipinski definition) is 1. The van der Waals surface area contributed by atoms with Crippen molar-refractivity contribution in [1.29, 1.82) is 5.26 Å². The van der Waals surface area contributed by atoms with E-state index >= 15 is 0 Å². The first-order valence-electron chi connectivity index (χ1n) is 9.82. The molecule has 0 unspecified atom stereocenters. The Bertz CT molecular complexity index is 1170. The topological polar surface area (TPSA) is 71.3 Å². The van der Waals surface area contributed by atoms with Gasteiger partial charge in [-0.1, -0.05) is 53.5 Å². The van der Waals surface area contributed by atoms with Crippen LogP contribution in [0.3, 0.4) is 0 Å². The van der Waals surface area contributed by atoms with E-state index in [2.05, 4.69) is 5.32 Å². The van der Waals surface area contributed by atoms with Crippen LogP contribution in [0.25, 0.3) is 6.08 Å². The highest BCUT2D eigenvalue weighted by molar-refractivity contribution is 6.32. The van der Waals surface area contributed by atoms with Gasteiger partial charge in [0.2, 0.25) is 0 Å². The average molecular weight is 467 g/mol. The third-order valence-electron chi connectivity index (χ3n) is 4.31. The van der Waals surface area contributed by atoms with Gasteiger partial charge in [-0.15, -0.1) is 0 Å². The van der Waals surface area contributed by atoms with Gasteiger partial charge >= 0.3 is 0 Å². The lowest BCUT2D eigenvalue weighted by Crippen LogP contribution is -2.13. The Labute approximate surface area is 196 Å². The average Bonchev–Trinajstić information content (AvgIpc) is 2.78. The monoisotopic (exact) mass is 466 g/mol. The fraction of sp³-hybridized carbons (Fsp3) is 0.120. The number of rotatable bonds is 8. The van der Waals surface area contributed by atoms with E-state index in [9.17, 15) is 10.1 Å². The first-order chi connectivity index (χ1) is 15.5. The van der Waals surface area contributed by atoms with Gasteiger partial charge in [0.1, 0.15) is 18.2 Å². The highest BCUT2D eigenvalue weighted by Crippen LogP contribution is 2.38. The molecule has 1 N–H and O–H groups in total. The number of amides is 1. The zero-order chi connectivity index (χ0) is 22.9. The summed E-state index contributed by atoms with van der Waals surface area (Å²) in [4.78, 5) is 12.5. The van der Waals surface area contributed by atoms with E-state index in [1.807, 2.05) is 31.2 Å². The number of para-hydroxylation sites is 1. The largest absolute Gasteiger partial charge is 0.490 e. The summed E-state index contributed by atoms with van der Waals surface area (Å²) in [5.74, 6) is 0.265. The number of carbonyl (C=O) groups excluding carboxylic acids is 1. The number of carbonyl (C=O) groups is 1. The first-order valence-corrected chi connectivity index (χ1v) is 10.6. The third kappa shape index (κ3) is 6.27. The van der Waals surface area contributed by atoms with Gasteiger partial charge in [0.25, 0.3) is 5.91 Å². The maximum atomic E-state index is 12.5. The Morgan fingerprint density at radius 1 is 1.06 bits per heavy atom. The predicted molar refractivity (Wildman–Crippen MR) is 127 cm³/mol. The molecule has 0 aromatic heterocycles. The molecule has 3 rings (SSSR count). The van der Waals surface area contributed by atoms with Crippen molar-refractivity contribution in [2.45, 2.75) is 13.5 Å². The van der Waals surface area contributed by atoms with E-state index in [1.54, 1.807) is 48.5 Å². The molecule has 0 aliphatic rings. The molecule has 0 aliphatic heterocycles. The maximum absolute atomic E-state index is 12.5. The summed E-state index contributed by atoms with van der Waals surface area (Å²) in [5.41, 5.74) is 1.94. The molecule has 3 aromatic carbocycles. The highest BCUT2D eigenvalue weighted by atomic mass is 35.5. The minimum Gasteiger partial charge on any atom is -0.490 e. The van der Waals surface area contributed by atoms with E-state index in [0.717, 1.165) is 5.56 Å². The molecule has 0 spiro atoms. The van der Waals surface area contributed by atoms with E-state index < -0.39 is 5.91 Å². The Kier molecular flexibility index (Phi) is 8.15. The Balaban J connectivity index is 1.85. The number of halogens is 2. The summed E-state index contributed by atoms with van der Waals surface area (Å²) in [6.07, 6.45) is 1.45. The summed E-state index contributed by atoms with van der Waals surface area (Å²) < 4.78 is 11.6. The molecular formula is C25H20Cl2N2O3. The number of ether oxygens (including phenoxy) is 2. The van der Waals surface area contributed by atoms with Crippen LogP contribution in [0.5, 0.6) is 11.5 Å². The SMILES string of the molecule is CCOc1cc(/C=C(\C#N)C(=O)Nc2ccccc2)cc(Cl)c1OCc1cccc(Cl)c1. The molecule has 32 heavy (non-hydrogen) atoms. The Morgan fingerprint density at radius 3 is 2.53 bits per heavy atom. The second-order valence-corrected chi connectivity index (χ2v) is 7.52. The van der Waals surface area contributed by atoms with Gasteiger partial charge in [0, 0.05) is 10.7 Å². The minimum absolute atomic E-state index is 0.0695. The van der Waals surface area contributed by atoms with Crippen LogP contribution in [0.15, 0.2) is 72.3 Å². The lowest BCUT2D eigenvalue weighted by molar-refractivity contribution is -0.112. The molecule has 162 valence electrons. The van der Waals surface area contributed by atoms with Gasteiger partial charge in [0.05, 0.1) is 11.6 Å². The molecule has 3 aromatic rings. The first kappa shape index (κ1) is 23.2. The van der Waals surface area contributed by atoms with E-state index in [-0.39, 0.29) is 12.2 Å². The predicted octanol–water partition coefficient (Wildman–Crippen LogP) is 6.52. The van der Waals surface area contributed by atoms with Crippen molar-refractivity contribution < 1.29 is 14.3 Å². The number of nitrogens with zero attached hydrogens (tertiary/aromatic N) is 1. The molecule has 5 nitrogen and oxygen atoms in total. The van der Waals surface area contributed by atoms with Crippen LogP contribution >= 0.6 is 23.2 Å². The van der Waals surface area contributed by atoms with Gasteiger partial charge in [-0.2, -0.15) is 5.26 Å². The molecule has 0 bridgehead atoms.